The number of nitrogens with one attached hydrogen (secondary N) is 1. The van der Waals surface area contributed by atoms with Crippen molar-refractivity contribution in [2.75, 3.05) is 4.72 Å². The van der Waals surface area contributed by atoms with Gasteiger partial charge in [-0.2, -0.15) is 0 Å². The Balaban J connectivity index is 1.62. The molecule has 5 nitrogen and oxygen atoms in total. The number of aryl methyl sites for hydroxylation is 1. The summed E-state index contributed by atoms with van der Waals surface area (Å²) in [4.78, 5) is 5.33. The smallest absolute Gasteiger partial charge is 0.271 e. The summed E-state index contributed by atoms with van der Waals surface area (Å²) in [5.41, 5.74) is 3.37. The number of anilines is 1. The van der Waals surface area contributed by atoms with Crippen molar-refractivity contribution in [3.8, 4) is 5.69 Å². The number of fused-ring (bicyclic) bond motifs is 1. The molecule has 0 spiro atoms. The third-order valence-corrected chi connectivity index (χ3v) is 6.71. The Kier molecular flexibility index (Phi) is 3.82. The SMILES string of the molecule is Cc1ccc(S(=O)(=O)Nc2ccc(-n3cnc4ccccc43)cc2)s1. The van der Waals surface area contributed by atoms with Crippen molar-refractivity contribution < 1.29 is 8.42 Å². The summed E-state index contributed by atoms with van der Waals surface area (Å²) >= 11 is 1.25. The highest BCUT2D eigenvalue weighted by Gasteiger charge is 2.16. The van der Waals surface area contributed by atoms with E-state index in [0.29, 0.717) is 9.90 Å². The van der Waals surface area contributed by atoms with E-state index >= 15 is 0 Å². The minimum atomic E-state index is -3.54. The van der Waals surface area contributed by atoms with Gasteiger partial charge in [-0.05, 0) is 55.5 Å². The predicted octanol–water partition coefficient (Wildman–Crippen LogP) is 4.20. The molecular weight excluding hydrogens is 354 g/mol. The van der Waals surface area contributed by atoms with E-state index in [4.69, 9.17) is 0 Å². The molecule has 0 saturated carbocycles. The molecule has 4 rings (SSSR count). The maximum atomic E-state index is 12.4. The van der Waals surface area contributed by atoms with Gasteiger partial charge in [0.1, 0.15) is 10.5 Å². The molecule has 0 unspecified atom stereocenters. The largest absolute Gasteiger partial charge is 0.299 e. The maximum absolute atomic E-state index is 12.4. The fraction of sp³-hybridized carbons (Fsp3) is 0.0556. The van der Waals surface area contributed by atoms with E-state index in [9.17, 15) is 8.42 Å². The van der Waals surface area contributed by atoms with Crippen LogP contribution >= 0.6 is 11.3 Å². The number of benzene rings is 2. The van der Waals surface area contributed by atoms with Gasteiger partial charge >= 0.3 is 0 Å². The summed E-state index contributed by atoms with van der Waals surface area (Å²) in [6.45, 7) is 1.88. The standard InChI is InChI=1S/C18H15N3O2S2/c1-13-6-11-18(24-13)25(22,23)20-14-7-9-15(10-8-14)21-12-19-16-4-2-3-5-17(16)21/h2-12,20H,1H3. The van der Waals surface area contributed by atoms with Crippen LogP contribution in [0.5, 0.6) is 0 Å². The third kappa shape index (κ3) is 3.04. The van der Waals surface area contributed by atoms with Crippen molar-refractivity contribution in [3.05, 3.63) is 71.9 Å². The normalized spacial score (nSPS) is 11.7. The molecule has 2 aromatic heterocycles. The Morgan fingerprint density at radius 1 is 1.00 bits per heavy atom. The fourth-order valence-electron chi connectivity index (χ4n) is 2.62. The van der Waals surface area contributed by atoms with Crippen molar-refractivity contribution in [1.82, 2.24) is 9.55 Å². The minimum absolute atomic E-state index is 0.315. The molecule has 0 saturated heterocycles. The maximum Gasteiger partial charge on any atom is 0.271 e. The van der Waals surface area contributed by atoms with Gasteiger partial charge in [-0.1, -0.05) is 12.1 Å². The molecule has 0 aliphatic carbocycles. The number of rotatable bonds is 4. The van der Waals surface area contributed by atoms with Crippen LogP contribution in [0.25, 0.3) is 16.7 Å². The number of aromatic nitrogens is 2. The van der Waals surface area contributed by atoms with Gasteiger partial charge in [0.15, 0.2) is 0 Å². The highest BCUT2D eigenvalue weighted by molar-refractivity contribution is 7.94. The molecule has 0 aliphatic rings. The van der Waals surface area contributed by atoms with Crippen LogP contribution in [0.2, 0.25) is 0 Å². The molecule has 126 valence electrons. The number of sulfonamides is 1. The first-order chi connectivity index (χ1) is 12.0. The van der Waals surface area contributed by atoms with E-state index in [2.05, 4.69) is 9.71 Å². The number of hydrogen-bond donors (Lipinski definition) is 1. The second kappa shape index (κ2) is 6.02. The third-order valence-electron chi connectivity index (χ3n) is 3.83. The monoisotopic (exact) mass is 369 g/mol. The molecule has 0 radical (unpaired) electrons. The summed E-state index contributed by atoms with van der Waals surface area (Å²) < 4.78 is 29.7. The van der Waals surface area contributed by atoms with Gasteiger partial charge in [0.2, 0.25) is 0 Å². The predicted molar refractivity (Wildman–Crippen MR) is 101 cm³/mol. The molecule has 4 aromatic rings. The lowest BCUT2D eigenvalue weighted by Gasteiger charge is -2.08. The molecule has 7 heteroatoms. The topological polar surface area (TPSA) is 64.0 Å². The van der Waals surface area contributed by atoms with Crippen molar-refractivity contribution in [1.29, 1.82) is 0 Å². The molecule has 25 heavy (non-hydrogen) atoms. The van der Waals surface area contributed by atoms with Crippen LogP contribution in [0.4, 0.5) is 5.69 Å². The Morgan fingerprint density at radius 3 is 2.48 bits per heavy atom. The van der Waals surface area contributed by atoms with Gasteiger partial charge in [0, 0.05) is 16.3 Å². The van der Waals surface area contributed by atoms with E-state index in [1.165, 1.54) is 11.3 Å². The number of imidazole rings is 1. The summed E-state index contributed by atoms with van der Waals surface area (Å²) in [5.74, 6) is 0. The van der Waals surface area contributed by atoms with Crippen molar-refractivity contribution in [2.24, 2.45) is 0 Å². The minimum Gasteiger partial charge on any atom is -0.299 e. The Morgan fingerprint density at radius 2 is 1.76 bits per heavy atom. The zero-order valence-electron chi connectivity index (χ0n) is 13.4. The van der Waals surface area contributed by atoms with E-state index in [1.807, 2.05) is 47.9 Å². The average Bonchev–Trinajstić information content (AvgIpc) is 3.22. The molecule has 0 bridgehead atoms. The van der Waals surface area contributed by atoms with E-state index in [-0.39, 0.29) is 0 Å². The quantitative estimate of drug-likeness (QED) is 0.586. The first-order valence-corrected chi connectivity index (χ1v) is 9.95. The second-order valence-electron chi connectivity index (χ2n) is 5.62. The number of para-hydroxylation sites is 2. The average molecular weight is 369 g/mol. The summed E-state index contributed by atoms with van der Waals surface area (Å²) in [7, 11) is -3.54. The van der Waals surface area contributed by atoms with Crippen LogP contribution in [0.15, 0.2) is 71.2 Å². The highest BCUT2D eigenvalue weighted by atomic mass is 32.2. The zero-order valence-corrected chi connectivity index (χ0v) is 15.0. The number of nitrogens with zero attached hydrogens (tertiary/aromatic N) is 2. The van der Waals surface area contributed by atoms with Gasteiger partial charge in [-0.15, -0.1) is 11.3 Å². The molecule has 0 aliphatic heterocycles. The first kappa shape index (κ1) is 15.9. The molecule has 2 aromatic carbocycles. The van der Waals surface area contributed by atoms with Crippen LogP contribution in [0.3, 0.4) is 0 Å². The lowest BCUT2D eigenvalue weighted by Crippen LogP contribution is -2.11. The molecule has 2 heterocycles. The van der Waals surface area contributed by atoms with E-state index < -0.39 is 10.0 Å². The van der Waals surface area contributed by atoms with Gasteiger partial charge in [-0.25, -0.2) is 13.4 Å². The van der Waals surface area contributed by atoms with Crippen LogP contribution in [-0.2, 0) is 10.0 Å². The number of hydrogen-bond acceptors (Lipinski definition) is 4. The van der Waals surface area contributed by atoms with Gasteiger partial charge in [-0.3, -0.25) is 9.29 Å². The fourth-order valence-corrected chi connectivity index (χ4v) is 4.96. The Hall–Kier alpha value is -2.64. The number of thiophene rings is 1. The lowest BCUT2D eigenvalue weighted by atomic mass is 10.2. The molecule has 0 amide bonds. The lowest BCUT2D eigenvalue weighted by molar-refractivity contribution is 0.603. The van der Waals surface area contributed by atoms with Gasteiger partial charge in [0.05, 0.1) is 11.0 Å². The van der Waals surface area contributed by atoms with Crippen LogP contribution in [0, 0.1) is 6.92 Å². The van der Waals surface area contributed by atoms with Gasteiger partial charge < -0.3 is 0 Å². The summed E-state index contributed by atoms with van der Waals surface area (Å²) in [6.07, 6.45) is 1.76. The zero-order chi connectivity index (χ0) is 17.4. The first-order valence-electron chi connectivity index (χ1n) is 7.65. The van der Waals surface area contributed by atoms with Crippen LogP contribution < -0.4 is 4.72 Å². The Bertz CT molecular complexity index is 1140. The van der Waals surface area contributed by atoms with Crippen LogP contribution in [0.1, 0.15) is 4.88 Å². The Labute approximate surface area is 149 Å². The molecular formula is C18H15N3O2S2. The highest BCUT2D eigenvalue weighted by Crippen LogP contribution is 2.24. The van der Waals surface area contributed by atoms with Crippen LogP contribution in [-0.4, -0.2) is 18.0 Å². The molecule has 0 atom stereocenters. The summed E-state index contributed by atoms with van der Waals surface area (Å²) in [6, 6.07) is 18.5. The van der Waals surface area contributed by atoms with Crippen molar-refractivity contribution in [3.63, 3.8) is 0 Å². The summed E-state index contributed by atoms with van der Waals surface area (Å²) in [5, 5.41) is 0. The molecule has 0 fully saturated rings. The van der Waals surface area contributed by atoms with Gasteiger partial charge in [0.25, 0.3) is 10.0 Å². The van der Waals surface area contributed by atoms with Crippen molar-refractivity contribution in [2.45, 2.75) is 11.1 Å². The van der Waals surface area contributed by atoms with E-state index in [0.717, 1.165) is 21.6 Å². The molecule has 1 N–H and O–H groups in total. The van der Waals surface area contributed by atoms with E-state index in [1.54, 1.807) is 30.6 Å². The second-order valence-corrected chi connectivity index (χ2v) is 8.82. The van der Waals surface area contributed by atoms with Crippen molar-refractivity contribution >= 4 is 38.1 Å².